The summed E-state index contributed by atoms with van der Waals surface area (Å²) in [7, 11) is 0. The average molecular weight is 412 g/mol. The largest absolute Gasteiger partial charge is 0.465 e. The summed E-state index contributed by atoms with van der Waals surface area (Å²) in [5.41, 5.74) is 4.31. The maximum Gasteiger partial charge on any atom is 0.404 e. The molecule has 0 aliphatic rings. The molecule has 2 amide bonds. The molecule has 160 valence electrons. The molecule has 7 nitrogen and oxygen atoms in total. The maximum absolute atomic E-state index is 11.4. The van der Waals surface area contributed by atoms with E-state index in [-0.39, 0.29) is 12.5 Å². The molecule has 0 heterocycles. The van der Waals surface area contributed by atoms with Crippen LogP contribution in [0, 0.1) is 0 Å². The Morgan fingerprint density at radius 1 is 1.07 bits per heavy atom. The number of benzene rings is 2. The van der Waals surface area contributed by atoms with Gasteiger partial charge in [-0.25, -0.2) is 4.79 Å². The number of nitrogens with one attached hydrogen (secondary N) is 3. The lowest BCUT2D eigenvalue weighted by molar-refractivity contribution is -0.114. The summed E-state index contributed by atoms with van der Waals surface area (Å²) in [6.45, 7) is 7.93. The number of rotatable bonds is 10. The van der Waals surface area contributed by atoms with Gasteiger partial charge in [0.25, 0.3) is 0 Å². The molecule has 0 radical (unpaired) electrons. The molecule has 5 N–H and O–H groups in total. The van der Waals surface area contributed by atoms with Gasteiger partial charge in [-0.2, -0.15) is 0 Å². The molecule has 2 aromatic rings. The Balaban J connectivity index is 2.02. The van der Waals surface area contributed by atoms with Crippen LogP contribution < -0.4 is 16.0 Å². The van der Waals surface area contributed by atoms with E-state index < -0.39 is 18.2 Å². The van der Waals surface area contributed by atoms with Crippen molar-refractivity contribution in [2.45, 2.75) is 39.0 Å². The van der Waals surface area contributed by atoms with Crippen LogP contribution in [-0.2, 0) is 17.8 Å². The molecule has 0 bridgehead atoms. The van der Waals surface area contributed by atoms with E-state index in [9.17, 15) is 14.7 Å². The van der Waals surface area contributed by atoms with Crippen molar-refractivity contribution in [3.63, 3.8) is 0 Å². The number of aliphatic hydroxyl groups is 1. The van der Waals surface area contributed by atoms with Crippen LogP contribution in [0.1, 0.15) is 30.5 Å². The average Bonchev–Trinajstić information content (AvgIpc) is 2.67. The van der Waals surface area contributed by atoms with Gasteiger partial charge in [0.05, 0.1) is 12.1 Å². The highest BCUT2D eigenvalue weighted by Crippen LogP contribution is 2.20. The minimum absolute atomic E-state index is 0.160. The zero-order valence-electron chi connectivity index (χ0n) is 17.3. The highest BCUT2D eigenvalue weighted by atomic mass is 16.4. The number of carbonyl (C=O) groups excluding carboxylic acids is 1. The molecular weight excluding hydrogens is 382 g/mol. The molecule has 0 aromatic heterocycles. The molecular formula is C23H29N3O4. The molecule has 2 atom stereocenters. The molecule has 7 heteroatoms. The summed E-state index contributed by atoms with van der Waals surface area (Å²) in [5, 5.41) is 28.0. The molecule has 0 saturated heterocycles. The van der Waals surface area contributed by atoms with Crippen LogP contribution in [0.15, 0.2) is 55.1 Å². The summed E-state index contributed by atoms with van der Waals surface area (Å²) in [4.78, 5) is 22.5. The Labute approximate surface area is 176 Å². The minimum Gasteiger partial charge on any atom is -0.465 e. The predicted octanol–water partition coefficient (Wildman–Crippen LogP) is 3.01. The Bertz CT molecular complexity index is 883. The monoisotopic (exact) mass is 411 g/mol. The van der Waals surface area contributed by atoms with Crippen molar-refractivity contribution in [2.24, 2.45) is 0 Å². The summed E-state index contributed by atoms with van der Waals surface area (Å²) in [6.07, 6.45) is -1.71. The maximum atomic E-state index is 11.4. The van der Waals surface area contributed by atoms with Gasteiger partial charge in [0.2, 0.25) is 5.91 Å². The number of aliphatic hydroxyl groups excluding tert-OH is 1. The van der Waals surface area contributed by atoms with Gasteiger partial charge in [-0.15, -0.1) is 0 Å². The van der Waals surface area contributed by atoms with Crippen LogP contribution in [0.25, 0.3) is 5.57 Å². The van der Waals surface area contributed by atoms with E-state index in [2.05, 4.69) is 22.5 Å². The van der Waals surface area contributed by atoms with Crippen molar-refractivity contribution in [1.82, 2.24) is 10.6 Å². The number of hydrogen-bond acceptors (Lipinski definition) is 4. The molecule has 2 rings (SSSR count). The first-order valence-electron chi connectivity index (χ1n) is 9.74. The fourth-order valence-electron chi connectivity index (χ4n) is 3.13. The van der Waals surface area contributed by atoms with Crippen molar-refractivity contribution >= 4 is 23.3 Å². The lowest BCUT2D eigenvalue weighted by Crippen LogP contribution is -2.48. The van der Waals surface area contributed by atoms with Crippen molar-refractivity contribution in [1.29, 1.82) is 0 Å². The van der Waals surface area contributed by atoms with Crippen molar-refractivity contribution in [2.75, 3.05) is 11.9 Å². The first-order valence-corrected chi connectivity index (χ1v) is 9.74. The summed E-state index contributed by atoms with van der Waals surface area (Å²) >= 11 is 0. The number of hydrogen-bond donors (Lipinski definition) is 5. The SMILES string of the molecule is C=C(C)c1cc(CNC[C@@H](O)[C@H](Cc2ccccc2)NC(=O)O)cc(NC(C)=O)c1. The van der Waals surface area contributed by atoms with Gasteiger partial charge in [0.1, 0.15) is 0 Å². The lowest BCUT2D eigenvalue weighted by atomic mass is 10.0. The van der Waals surface area contributed by atoms with Crippen LogP contribution in [0.2, 0.25) is 0 Å². The molecule has 2 aromatic carbocycles. The van der Waals surface area contributed by atoms with Gasteiger partial charge in [0.15, 0.2) is 0 Å². The van der Waals surface area contributed by atoms with Crippen LogP contribution >= 0.6 is 0 Å². The number of amides is 2. The fraction of sp³-hybridized carbons (Fsp3) is 0.304. The van der Waals surface area contributed by atoms with Gasteiger partial charge in [-0.1, -0.05) is 48.6 Å². The molecule has 0 spiro atoms. The predicted molar refractivity (Wildman–Crippen MR) is 118 cm³/mol. The second-order valence-electron chi connectivity index (χ2n) is 7.32. The third kappa shape index (κ3) is 7.69. The molecule has 0 unspecified atom stereocenters. The Morgan fingerprint density at radius 2 is 1.77 bits per heavy atom. The lowest BCUT2D eigenvalue weighted by Gasteiger charge is -2.23. The fourth-order valence-corrected chi connectivity index (χ4v) is 3.13. The summed E-state index contributed by atoms with van der Waals surface area (Å²) in [6, 6.07) is 14.4. The zero-order chi connectivity index (χ0) is 22.1. The van der Waals surface area contributed by atoms with E-state index >= 15 is 0 Å². The van der Waals surface area contributed by atoms with Gasteiger partial charge in [-0.05, 0) is 42.2 Å². The zero-order valence-corrected chi connectivity index (χ0v) is 17.3. The van der Waals surface area contributed by atoms with E-state index in [4.69, 9.17) is 5.11 Å². The number of carbonyl (C=O) groups is 2. The van der Waals surface area contributed by atoms with Gasteiger partial charge in [-0.3, -0.25) is 4.79 Å². The molecule has 30 heavy (non-hydrogen) atoms. The second-order valence-corrected chi connectivity index (χ2v) is 7.32. The molecule has 0 aliphatic carbocycles. The molecule has 0 aliphatic heterocycles. The van der Waals surface area contributed by atoms with Crippen LogP contribution in [0.3, 0.4) is 0 Å². The van der Waals surface area contributed by atoms with E-state index in [1.54, 1.807) is 0 Å². The van der Waals surface area contributed by atoms with Crippen LogP contribution in [-0.4, -0.2) is 40.9 Å². The van der Waals surface area contributed by atoms with Crippen LogP contribution in [0.4, 0.5) is 10.5 Å². The number of carboxylic acid groups (broad SMARTS) is 1. The van der Waals surface area contributed by atoms with Crippen molar-refractivity contribution in [3.8, 4) is 0 Å². The van der Waals surface area contributed by atoms with Gasteiger partial charge < -0.3 is 26.2 Å². The minimum atomic E-state index is -1.18. The smallest absolute Gasteiger partial charge is 0.404 e. The quantitative estimate of drug-likeness (QED) is 0.413. The number of allylic oxidation sites excluding steroid dienone is 1. The van der Waals surface area contributed by atoms with Gasteiger partial charge >= 0.3 is 6.09 Å². The first kappa shape index (κ1) is 23.1. The third-order valence-electron chi connectivity index (χ3n) is 4.56. The molecule has 0 fully saturated rings. The topological polar surface area (TPSA) is 111 Å². The highest BCUT2D eigenvalue weighted by Gasteiger charge is 2.21. The van der Waals surface area contributed by atoms with E-state index in [1.165, 1.54) is 6.92 Å². The van der Waals surface area contributed by atoms with E-state index in [0.717, 1.165) is 22.3 Å². The second kappa shape index (κ2) is 11.1. The molecule has 0 saturated carbocycles. The van der Waals surface area contributed by atoms with E-state index in [1.807, 2.05) is 55.5 Å². The number of anilines is 1. The Hall–Kier alpha value is -3.16. The van der Waals surface area contributed by atoms with Crippen molar-refractivity contribution in [3.05, 3.63) is 71.8 Å². The normalized spacial score (nSPS) is 12.6. The summed E-state index contributed by atoms with van der Waals surface area (Å²) in [5.74, 6) is -0.160. The summed E-state index contributed by atoms with van der Waals surface area (Å²) < 4.78 is 0. The first-order chi connectivity index (χ1) is 14.2. The van der Waals surface area contributed by atoms with Crippen LogP contribution in [0.5, 0.6) is 0 Å². The van der Waals surface area contributed by atoms with E-state index in [0.29, 0.717) is 18.7 Å². The third-order valence-corrected chi connectivity index (χ3v) is 4.56. The van der Waals surface area contributed by atoms with Gasteiger partial charge in [0, 0.05) is 25.7 Å². The Morgan fingerprint density at radius 3 is 2.37 bits per heavy atom. The standard InChI is InChI=1S/C23H29N3O4/c1-15(2)19-9-18(10-20(12-19)25-16(3)27)13-24-14-22(28)21(26-23(29)30)11-17-7-5-4-6-8-17/h4-10,12,21-22,24,26,28H,1,11,13-14H2,2-3H3,(H,25,27)(H,29,30)/t21-,22+/m0/s1. The van der Waals surface area contributed by atoms with Crippen molar-refractivity contribution < 1.29 is 19.8 Å². The Kier molecular flexibility index (Phi) is 8.58. The highest BCUT2D eigenvalue weighted by molar-refractivity contribution is 5.89.